The molecule has 9 heteroatoms. The van der Waals surface area contributed by atoms with E-state index in [-0.39, 0.29) is 18.9 Å². The van der Waals surface area contributed by atoms with E-state index in [2.05, 4.69) is 5.32 Å². The van der Waals surface area contributed by atoms with E-state index in [1.54, 1.807) is 24.3 Å². The fourth-order valence-electron chi connectivity index (χ4n) is 1.97. The second-order valence-corrected chi connectivity index (χ2v) is 5.59. The Morgan fingerprint density at radius 2 is 1.32 bits per heavy atom. The first kappa shape index (κ1) is 23.7. The minimum absolute atomic E-state index is 0.0126. The van der Waals surface area contributed by atoms with Crippen molar-refractivity contribution in [3.8, 4) is 0 Å². The van der Waals surface area contributed by atoms with Gasteiger partial charge in [-0.2, -0.15) is 0 Å². The predicted octanol–water partition coefficient (Wildman–Crippen LogP) is 0.770. The molecule has 0 aromatic heterocycles. The van der Waals surface area contributed by atoms with Crippen LogP contribution < -0.4 is 5.32 Å². The lowest BCUT2D eigenvalue weighted by Crippen LogP contribution is -2.27. The number of rotatable bonds is 17. The van der Waals surface area contributed by atoms with Gasteiger partial charge in [0, 0.05) is 17.7 Å². The molecular weight excluding hydrogens is 370 g/mol. The summed E-state index contributed by atoms with van der Waals surface area (Å²) < 4.78 is 21.0. The molecule has 0 radical (unpaired) electrons. The zero-order valence-electron chi connectivity index (χ0n) is 15.8. The van der Waals surface area contributed by atoms with Crippen LogP contribution in [0.25, 0.3) is 0 Å². The summed E-state index contributed by atoms with van der Waals surface area (Å²) in [7, 11) is 0. The number of aldehydes is 1. The van der Waals surface area contributed by atoms with Gasteiger partial charge in [-0.3, -0.25) is 14.4 Å². The maximum atomic E-state index is 11.9. The van der Waals surface area contributed by atoms with E-state index in [9.17, 15) is 14.4 Å². The molecule has 0 bridgehead atoms. The van der Waals surface area contributed by atoms with Crippen LogP contribution in [0, 0.1) is 0 Å². The lowest BCUT2D eigenvalue weighted by Gasteiger charge is -2.08. The molecule has 0 atom stereocenters. The highest BCUT2D eigenvalue weighted by atomic mass is 16.6. The molecule has 2 N–H and O–H groups in total. The summed E-state index contributed by atoms with van der Waals surface area (Å²) in [5, 5.41) is 11.2. The Labute approximate surface area is 163 Å². The molecule has 0 fully saturated rings. The smallest absolute Gasteiger partial charge is 0.305 e. The summed E-state index contributed by atoms with van der Waals surface area (Å²) in [4.78, 5) is 32.7. The van der Waals surface area contributed by atoms with Gasteiger partial charge in [-0.1, -0.05) is 12.1 Å². The summed E-state index contributed by atoms with van der Waals surface area (Å²) in [6.07, 6.45) is 0.713. The molecule has 0 aliphatic carbocycles. The van der Waals surface area contributed by atoms with Crippen molar-refractivity contribution < 1.29 is 38.4 Å². The number of benzene rings is 1. The van der Waals surface area contributed by atoms with Crippen molar-refractivity contribution in [2.24, 2.45) is 0 Å². The standard InChI is InChI=1S/C19H27NO8/c21-15-16-1-3-17(4-2-16)19(24)20-6-8-26-10-12-28-14-13-27-11-9-25-7-5-18(22)23/h1-4,15H,5-14H2,(H,20,24)(H,22,23). The van der Waals surface area contributed by atoms with Crippen LogP contribution in [0.3, 0.4) is 0 Å². The van der Waals surface area contributed by atoms with Crippen molar-refractivity contribution in [2.75, 3.05) is 59.4 Å². The van der Waals surface area contributed by atoms with Crippen LogP contribution in [-0.2, 0) is 23.7 Å². The number of carboxylic acids is 1. The zero-order valence-corrected chi connectivity index (χ0v) is 15.8. The number of hydrogen-bond donors (Lipinski definition) is 2. The molecule has 1 amide bonds. The maximum absolute atomic E-state index is 11.9. The van der Waals surface area contributed by atoms with Gasteiger partial charge in [-0.25, -0.2) is 0 Å². The van der Waals surface area contributed by atoms with Gasteiger partial charge in [0.25, 0.3) is 5.91 Å². The Balaban J connectivity index is 1.85. The average Bonchev–Trinajstić information content (AvgIpc) is 2.70. The molecule has 0 aliphatic rings. The molecule has 1 rings (SSSR count). The number of ether oxygens (including phenoxy) is 4. The van der Waals surface area contributed by atoms with Gasteiger partial charge in [0.1, 0.15) is 6.29 Å². The molecule has 0 unspecified atom stereocenters. The third kappa shape index (κ3) is 12.1. The Hall–Kier alpha value is -2.33. The first-order chi connectivity index (χ1) is 13.6. The Morgan fingerprint density at radius 3 is 1.82 bits per heavy atom. The van der Waals surface area contributed by atoms with Crippen molar-refractivity contribution in [2.45, 2.75) is 6.42 Å². The number of hydrogen-bond acceptors (Lipinski definition) is 7. The number of amides is 1. The van der Waals surface area contributed by atoms with Gasteiger partial charge in [-0.05, 0) is 12.1 Å². The molecule has 9 nitrogen and oxygen atoms in total. The van der Waals surface area contributed by atoms with E-state index in [4.69, 9.17) is 24.1 Å². The lowest BCUT2D eigenvalue weighted by atomic mass is 10.1. The number of nitrogens with one attached hydrogen (secondary N) is 1. The van der Waals surface area contributed by atoms with E-state index in [0.29, 0.717) is 63.9 Å². The predicted molar refractivity (Wildman–Crippen MR) is 99.7 cm³/mol. The maximum Gasteiger partial charge on any atom is 0.305 e. The highest BCUT2D eigenvalue weighted by Crippen LogP contribution is 2.02. The molecule has 0 saturated carbocycles. The molecule has 0 heterocycles. The average molecular weight is 397 g/mol. The van der Waals surface area contributed by atoms with E-state index < -0.39 is 5.97 Å². The minimum atomic E-state index is -0.885. The molecule has 1 aromatic rings. The number of aliphatic carboxylic acids is 1. The van der Waals surface area contributed by atoms with Crippen molar-refractivity contribution in [3.05, 3.63) is 35.4 Å². The summed E-state index contributed by atoms with van der Waals surface area (Å²) >= 11 is 0. The fraction of sp³-hybridized carbons (Fsp3) is 0.526. The number of carbonyl (C=O) groups is 3. The van der Waals surface area contributed by atoms with E-state index >= 15 is 0 Å². The molecule has 0 aliphatic heterocycles. The number of carbonyl (C=O) groups excluding carboxylic acids is 2. The molecule has 0 saturated heterocycles. The minimum Gasteiger partial charge on any atom is -0.481 e. The van der Waals surface area contributed by atoms with Crippen molar-refractivity contribution in [1.82, 2.24) is 5.32 Å². The Morgan fingerprint density at radius 1 is 0.821 bits per heavy atom. The largest absolute Gasteiger partial charge is 0.481 e. The van der Waals surface area contributed by atoms with E-state index in [1.165, 1.54) is 0 Å². The Kier molecular flexibility index (Phi) is 13.3. The van der Waals surface area contributed by atoms with Crippen LogP contribution in [0.5, 0.6) is 0 Å². The second kappa shape index (κ2) is 15.7. The summed E-state index contributed by atoms with van der Waals surface area (Å²) in [5.41, 5.74) is 1.01. The quantitative estimate of drug-likeness (QED) is 0.292. The highest BCUT2D eigenvalue weighted by molar-refractivity contribution is 5.94. The molecular formula is C19H27NO8. The summed E-state index contributed by atoms with van der Waals surface area (Å²) in [6.45, 7) is 3.32. The number of carboxylic acid groups (broad SMARTS) is 1. The molecule has 28 heavy (non-hydrogen) atoms. The van der Waals surface area contributed by atoms with Crippen molar-refractivity contribution >= 4 is 18.2 Å². The lowest BCUT2D eigenvalue weighted by molar-refractivity contribution is -0.138. The first-order valence-corrected chi connectivity index (χ1v) is 8.99. The topological polar surface area (TPSA) is 120 Å². The fourth-order valence-corrected chi connectivity index (χ4v) is 1.97. The van der Waals surface area contributed by atoms with Crippen molar-refractivity contribution in [1.29, 1.82) is 0 Å². The van der Waals surface area contributed by atoms with Crippen molar-refractivity contribution in [3.63, 3.8) is 0 Å². The van der Waals surface area contributed by atoms with Gasteiger partial charge in [0.15, 0.2) is 0 Å². The second-order valence-electron chi connectivity index (χ2n) is 5.59. The van der Waals surface area contributed by atoms with Crippen LogP contribution in [0.15, 0.2) is 24.3 Å². The monoisotopic (exact) mass is 397 g/mol. The third-order valence-corrected chi connectivity index (χ3v) is 3.42. The van der Waals surface area contributed by atoms with E-state index in [1.807, 2.05) is 0 Å². The molecule has 1 aromatic carbocycles. The summed E-state index contributed by atoms with van der Waals surface area (Å²) in [6, 6.07) is 6.37. The third-order valence-electron chi connectivity index (χ3n) is 3.42. The Bertz CT molecular complexity index is 576. The van der Waals surface area contributed by atoms with Gasteiger partial charge in [0.05, 0.1) is 59.3 Å². The highest BCUT2D eigenvalue weighted by Gasteiger charge is 2.04. The van der Waals surface area contributed by atoms with Gasteiger partial charge >= 0.3 is 5.97 Å². The molecule has 156 valence electrons. The SMILES string of the molecule is O=Cc1ccc(C(=O)NCCOCCOCCOCCOCCC(=O)O)cc1. The van der Waals surface area contributed by atoms with Crippen LogP contribution in [0.1, 0.15) is 27.1 Å². The van der Waals surface area contributed by atoms with Gasteiger partial charge in [-0.15, -0.1) is 0 Å². The van der Waals surface area contributed by atoms with Gasteiger partial charge < -0.3 is 29.4 Å². The van der Waals surface area contributed by atoms with Crippen LogP contribution in [0.4, 0.5) is 0 Å². The van der Waals surface area contributed by atoms with Crippen LogP contribution >= 0.6 is 0 Å². The van der Waals surface area contributed by atoms with E-state index in [0.717, 1.165) is 6.29 Å². The van der Waals surface area contributed by atoms with Crippen LogP contribution in [-0.4, -0.2) is 82.7 Å². The summed E-state index contributed by atoms with van der Waals surface area (Å²) in [5.74, 6) is -1.11. The normalized spacial score (nSPS) is 10.6. The van der Waals surface area contributed by atoms with Crippen LogP contribution in [0.2, 0.25) is 0 Å². The van der Waals surface area contributed by atoms with Gasteiger partial charge in [0.2, 0.25) is 0 Å². The zero-order chi connectivity index (χ0) is 20.5. The molecule has 0 spiro atoms. The first-order valence-electron chi connectivity index (χ1n) is 8.99.